The quantitative estimate of drug-likeness (QED) is 0.656. The zero-order valence-corrected chi connectivity index (χ0v) is 17.5. The number of nitrogens with zero attached hydrogens (tertiary/aromatic N) is 2. The molecule has 1 aromatic heterocycles. The van der Waals surface area contributed by atoms with Gasteiger partial charge in [0.1, 0.15) is 19.3 Å². The summed E-state index contributed by atoms with van der Waals surface area (Å²) in [5.74, 6) is 0.306. The van der Waals surface area contributed by atoms with Crippen LogP contribution >= 0.6 is 0 Å². The van der Waals surface area contributed by atoms with E-state index in [4.69, 9.17) is 9.47 Å². The van der Waals surface area contributed by atoms with Crippen molar-refractivity contribution in [3.05, 3.63) is 57.5 Å². The number of ether oxygens (including phenoxy) is 2. The number of rotatable bonds is 3. The first kappa shape index (κ1) is 21.7. The minimum Gasteiger partial charge on any atom is -0.486 e. The van der Waals surface area contributed by atoms with Crippen LogP contribution in [0, 0.1) is 13.8 Å². The number of carbonyl (C=O) groups excluding carboxylic acids is 1. The van der Waals surface area contributed by atoms with Crippen LogP contribution in [0.4, 0.5) is 18.9 Å². The Hall–Kier alpha value is -3.56. The lowest BCUT2D eigenvalue weighted by molar-refractivity contribution is -0.142. The Bertz CT molecular complexity index is 1280. The average molecular weight is 447 g/mol. The number of amides is 1. The van der Waals surface area contributed by atoms with Crippen LogP contribution in [0.3, 0.4) is 0 Å². The van der Waals surface area contributed by atoms with Crippen LogP contribution in [0.25, 0.3) is 11.0 Å². The number of benzene rings is 2. The van der Waals surface area contributed by atoms with Crippen LogP contribution in [0.1, 0.15) is 29.8 Å². The zero-order valence-electron chi connectivity index (χ0n) is 17.5. The Morgan fingerprint density at radius 2 is 1.75 bits per heavy atom. The number of aromatic nitrogens is 2. The molecule has 0 spiro atoms. The third-order valence-electron chi connectivity index (χ3n) is 5.35. The summed E-state index contributed by atoms with van der Waals surface area (Å²) in [5.41, 5.74) is -0.968. The fourth-order valence-electron chi connectivity index (χ4n) is 3.51. The molecule has 1 N–H and O–H groups in total. The molecule has 7 nitrogen and oxygen atoms in total. The maximum Gasteiger partial charge on any atom is 0.438 e. The molecule has 1 unspecified atom stereocenters. The van der Waals surface area contributed by atoms with Gasteiger partial charge in [-0.3, -0.25) is 14.2 Å². The predicted molar refractivity (Wildman–Crippen MR) is 111 cm³/mol. The van der Waals surface area contributed by atoms with E-state index < -0.39 is 29.4 Å². The van der Waals surface area contributed by atoms with Crippen molar-refractivity contribution in [3.8, 4) is 11.5 Å². The lowest BCUT2D eigenvalue weighted by Crippen LogP contribution is -2.36. The van der Waals surface area contributed by atoms with Gasteiger partial charge in [-0.1, -0.05) is 0 Å². The smallest absolute Gasteiger partial charge is 0.438 e. The lowest BCUT2D eigenvalue weighted by Gasteiger charge is -2.21. The summed E-state index contributed by atoms with van der Waals surface area (Å²) in [4.78, 5) is 29.3. The van der Waals surface area contributed by atoms with Gasteiger partial charge in [-0.25, -0.2) is 4.98 Å². The molecule has 0 saturated carbocycles. The molecule has 0 bridgehead atoms. The molecule has 10 heteroatoms. The van der Waals surface area contributed by atoms with E-state index in [9.17, 15) is 22.8 Å². The van der Waals surface area contributed by atoms with Crippen molar-refractivity contribution in [2.24, 2.45) is 0 Å². The van der Waals surface area contributed by atoms with Crippen LogP contribution in [0.15, 0.2) is 35.1 Å². The normalized spacial score (nSPS) is 14.3. The monoisotopic (exact) mass is 447 g/mol. The minimum atomic E-state index is -4.96. The number of hydrogen-bond acceptors (Lipinski definition) is 5. The Morgan fingerprint density at radius 3 is 2.44 bits per heavy atom. The van der Waals surface area contributed by atoms with Gasteiger partial charge in [0.2, 0.25) is 11.6 Å². The van der Waals surface area contributed by atoms with E-state index in [1.165, 1.54) is 13.0 Å². The van der Waals surface area contributed by atoms with E-state index in [0.29, 0.717) is 30.4 Å². The molecule has 0 fully saturated rings. The number of halogens is 3. The zero-order chi connectivity index (χ0) is 23.2. The highest BCUT2D eigenvalue weighted by atomic mass is 19.4. The predicted octanol–water partition coefficient (Wildman–Crippen LogP) is 4.00. The van der Waals surface area contributed by atoms with Gasteiger partial charge >= 0.3 is 6.18 Å². The van der Waals surface area contributed by atoms with Crippen molar-refractivity contribution in [1.82, 2.24) is 9.55 Å². The van der Waals surface area contributed by atoms with Crippen LogP contribution < -0.4 is 20.3 Å². The molecule has 0 aliphatic carbocycles. The molecular weight excluding hydrogens is 427 g/mol. The van der Waals surface area contributed by atoms with Crippen LogP contribution in [0.2, 0.25) is 0 Å². The number of carbonyl (C=O) groups is 1. The highest BCUT2D eigenvalue weighted by molar-refractivity contribution is 5.95. The summed E-state index contributed by atoms with van der Waals surface area (Å²) in [6.45, 7) is 5.63. The molecule has 3 aromatic rings. The van der Waals surface area contributed by atoms with Gasteiger partial charge in [-0.2, -0.15) is 13.2 Å². The fourth-order valence-corrected chi connectivity index (χ4v) is 3.51. The Kier molecular flexibility index (Phi) is 5.31. The van der Waals surface area contributed by atoms with E-state index in [-0.39, 0.29) is 11.0 Å². The summed E-state index contributed by atoms with van der Waals surface area (Å²) in [7, 11) is 0. The minimum absolute atomic E-state index is 0.0148. The first-order chi connectivity index (χ1) is 15.1. The van der Waals surface area contributed by atoms with E-state index in [0.717, 1.165) is 15.7 Å². The molecule has 1 aliphatic heterocycles. The van der Waals surface area contributed by atoms with E-state index in [1.807, 2.05) is 0 Å². The van der Waals surface area contributed by atoms with Crippen LogP contribution in [-0.4, -0.2) is 28.7 Å². The number of anilines is 1. The van der Waals surface area contributed by atoms with Crippen LogP contribution in [0.5, 0.6) is 11.5 Å². The summed E-state index contributed by atoms with van der Waals surface area (Å²) >= 11 is 0. The molecule has 1 atom stereocenters. The second kappa shape index (κ2) is 7.85. The molecule has 168 valence electrons. The van der Waals surface area contributed by atoms with Crippen molar-refractivity contribution < 1.29 is 27.4 Å². The molecular formula is C22H20F3N3O4. The van der Waals surface area contributed by atoms with Crippen molar-refractivity contribution in [2.45, 2.75) is 33.0 Å². The fraction of sp³-hybridized carbons (Fsp3) is 0.318. The van der Waals surface area contributed by atoms with Gasteiger partial charge in [0.05, 0.1) is 11.0 Å². The first-order valence-electron chi connectivity index (χ1n) is 9.87. The first-order valence-corrected chi connectivity index (χ1v) is 9.87. The van der Waals surface area contributed by atoms with Gasteiger partial charge in [-0.05, 0) is 56.2 Å². The third kappa shape index (κ3) is 3.88. The third-order valence-corrected chi connectivity index (χ3v) is 5.35. The van der Waals surface area contributed by atoms with Crippen molar-refractivity contribution in [1.29, 1.82) is 0 Å². The lowest BCUT2D eigenvalue weighted by atomic mass is 10.1. The van der Waals surface area contributed by atoms with Gasteiger partial charge < -0.3 is 14.8 Å². The summed E-state index contributed by atoms with van der Waals surface area (Å²) in [5, 5.41) is 2.63. The topological polar surface area (TPSA) is 82.5 Å². The highest BCUT2D eigenvalue weighted by Crippen LogP contribution is 2.33. The van der Waals surface area contributed by atoms with E-state index >= 15 is 0 Å². The van der Waals surface area contributed by atoms with Crippen molar-refractivity contribution in [3.63, 3.8) is 0 Å². The second-order valence-electron chi connectivity index (χ2n) is 7.58. The van der Waals surface area contributed by atoms with E-state index in [1.54, 1.807) is 38.1 Å². The molecule has 1 aliphatic rings. The number of aryl methyl sites for hydroxylation is 2. The molecule has 2 heterocycles. The Morgan fingerprint density at radius 1 is 1.09 bits per heavy atom. The van der Waals surface area contributed by atoms with Crippen molar-refractivity contribution in [2.75, 3.05) is 18.5 Å². The number of alkyl halides is 3. The standard InChI is InChI=1S/C22H20F3N3O4/c1-11-8-15-16(9-12(11)2)28(21(30)19(27-15)22(23,24)25)13(3)20(29)26-14-4-5-17-18(10-14)32-7-6-31-17/h4-5,8-10,13H,6-7H2,1-3H3,(H,26,29). The molecule has 0 radical (unpaired) electrons. The second-order valence-corrected chi connectivity index (χ2v) is 7.58. The van der Waals surface area contributed by atoms with Gasteiger partial charge in [0, 0.05) is 11.8 Å². The molecule has 32 heavy (non-hydrogen) atoms. The molecule has 1 amide bonds. The number of fused-ring (bicyclic) bond motifs is 2. The van der Waals surface area contributed by atoms with Gasteiger partial charge in [0.15, 0.2) is 11.5 Å². The molecule has 2 aromatic carbocycles. The number of nitrogens with one attached hydrogen (secondary N) is 1. The Balaban J connectivity index is 1.77. The molecule has 0 saturated heterocycles. The Labute approximate surface area is 180 Å². The average Bonchev–Trinajstić information content (AvgIpc) is 2.73. The van der Waals surface area contributed by atoms with Crippen molar-refractivity contribution >= 4 is 22.6 Å². The molecule has 4 rings (SSSR count). The largest absolute Gasteiger partial charge is 0.486 e. The highest BCUT2D eigenvalue weighted by Gasteiger charge is 2.38. The van der Waals surface area contributed by atoms with Gasteiger partial charge in [0.25, 0.3) is 5.56 Å². The number of hydrogen-bond donors (Lipinski definition) is 1. The maximum atomic E-state index is 13.5. The summed E-state index contributed by atoms with van der Waals surface area (Å²) in [6.07, 6.45) is -4.96. The SMILES string of the molecule is Cc1cc2nc(C(F)(F)F)c(=O)n(C(C)C(=O)Nc3ccc4c(c3)OCCO4)c2cc1C. The summed E-state index contributed by atoms with van der Waals surface area (Å²) < 4.78 is 52.3. The van der Waals surface area contributed by atoms with E-state index in [2.05, 4.69) is 10.3 Å². The maximum absolute atomic E-state index is 13.5. The summed E-state index contributed by atoms with van der Waals surface area (Å²) in [6, 6.07) is 6.55. The van der Waals surface area contributed by atoms with Crippen LogP contribution in [-0.2, 0) is 11.0 Å². The van der Waals surface area contributed by atoms with Gasteiger partial charge in [-0.15, -0.1) is 0 Å².